The van der Waals surface area contributed by atoms with Crippen molar-refractivity contribution in [1.82, 2.24) is 14.8 Å². The maximum Gasteiger partial charge on any atom is 0.255 e. The number of hydrogen-bond donors (Lipinski definition) is 1. The molecule has 1 aromatic heterocycles. The molecule has 1 saturated heterocycles. The van der Waals surface area contributed by atoms with Crippen LogP contribution in [0.5, 0.6) is 0 Å². The first-order valence-electron chi connectivity index (χ1n) is 10.5. The first kappa shape index (κ1) is 22.9. The van der Waals surface area contributed by atoms with Crippen molar-refractivity contribution in [3.05, 3.63) is 69.6 Å². The Balaban J connectivity index is 0.00000128. The van der Waals surface area contributed by atoms with Gasteiger partial charge in [-0.3, -0.25) is 9.69 Å². The monoisotopic (exact) mass is 445 g/mol. The Labute approximate surface area is 190 Å². The van der Waals surface area contributed by atoms with Crippen molar-refractivity contribution in [2.24, 2.45) is 5.92 Å². The maximum absolute atomic E-state index is 13.2. The predicted octanol–water partition coefficient (Wildman–Crippen LogP) is 3.41. The van der Waals surface area contributed by atoms with E-state index >= 15 is 0 Å². The van der Waals surface area contributed by atoms with Crippen molar-refractivity contribution in [2.75, 3.05) is 19.6 Å². The van der Waals surface area contributed by atoms with Crippen LogP contribution in [0.3, 0.4) is 0 Å². The minimum atomic E-state index is 0. The second kappa shape index (κ2) is 10.0. The largest absolute Gasteiger partial charge is 0.316 e. The zero-order chi connectivity index (χ0) is 18.9. The SMILES string of the molecule is Cl.Cl.O=c1c(CN(CC#Cc2ccccc2)C2CC2)ccc2n1C[C@@H]1CNC[C@H]2C1. The summed E-state index contributed by atoms with van der Waals surface area (Å²) >= 11 is 0. The Morgan fingerprint density at radius 1 is 1.07 bits per heavy atom. The molecule has 1 N–H and O–H groups in total. The summed E-state index contributed by atoms with van der Waals surface area (Å²) in [5, 5.41) is 3.51. The summed E-state index contributed by atoms with van der Waals surface area (Å²) in [6.07, 6.45) is 3.65. The van der Waals surface area contributed by atoms with Gasteiger partial charge in [0.2, 0.25) is 0 Å². The topological polar surface area (TPSA) is 37.3 Å². The molecule has 0 amide bonds. The predicted molar refractivity (Wildman–Crippen MR) is 126 cm³/mol. The van der Waals surface area contributed by atoms with Crippen LogP contribution in [0.4, 0.5) is 0 Å². The van der Waals surface area contributed by atoms with Gasteiger partial charge in [-0.15, -0.1) is 24.8 Å². The smallest absolute Gasteiger partial charge is 0.255 e. The van der Waals surface area contributed by atoms with Gasteiger partial charge in [-0.25, -0.2) is 0 Å². The molecule has 0 spiro atoms. The highest BCUT2D eigenvalue weighted by molar-refractivity contribution is 5.85. The molecule has 5 rings (SSSR count). The molecule has 30 heavy (non-hydrogen) atoms. The summed E-state index contributed by atoms with van der Waals surface area (Å²) in [7, 11) is 0. The normalized spacial score (nSPS) is 21.5. The first-order chi connectivity index (χ1) is 13.8. The van der Waals surface area contributed by atoms with Crippen molar-refractivity contribution < 1.29 is 0 Å². The number of hydrogen-bond acceptors (Lipinski definition) is 3. The standard InChI is InChI=1S/C24H27N3O.2ClH/c28-24-20(8-11-23-21-13-19(14-25-15-21)16-27(23)24)17-26(22-9-10-22)12-4-7-18-5-2-1-3-6-18;;/h1-3,5-6,8,11,19,21-22,25H,9-10,12-17H2;2*1H/t19-,21+;;/m0../s1. The van der Waals surface area contributed by atoms with Gasteiger partial charge in [0.25, 0.3) is 5.56 Å². The summed E-state index contributed by atoms with van der Waals surface area (Å²) in [4.78, 5) is 15.6. The summed E-state index contributed by atoms with van der Waals surface area (Å²) < 4.78 is 2.07. The molecule has 0 unspecified atom stereocenters. The van der Waals surface area contributed by atoms with Crippen LogP contribution in [-0.2, 0) is 13.1 Å². The van der Waals surface area contributed by atoms with Crippen LogP contribution >= 0.6 is 24.8 Å². The highest BCUT2D eigenvalue weighted by atomic mass is 35.5. The van der Waals surface area contributed by atoms with E-state index in [-0.39, 0.29) is 30.4 Å². The molecular formula is C24H29Cl2N3O. The zero-order valence-corrected chi connectivity index (χ0v) is 18.7. The number of fused-ring (bicyclic) bond motifs is 4. The van der Waals surface area contributed by atoms with Crippen LogP contribution in [0, 0.1) is 17.8 Å². The van der Waals surface area contributed by atoms with E-state index in [0.717, 1.165) is 37.3 Å². The van der Waals surface area contributed by atoms with E-state index in [1.165, 1.54) is 25.0 Å². The third-order valence-electron chi connectivity index (χ3n) is 6.31. The quantitative estimate of drug-likeness (QED) is 0.732. The number of benzene rings is 1. The van der Waals surface area contributed by atoms with Crippen molar-refractivity contribution in [1.29, 1.82) is 0 Å². The first-order valence-corrected chi connectivity index (χ1v) is 10.5. The molecule has 3 aliphatic rings. The van der Waals surface area contributed by atoms with Gasteiger partial charge in [-0.05, 0) is 49.9 Å². The molecule has 160 valence electrons. The molecule has 2 fully saturated rings. The summed E-state index contributed by atoms with van der Waals surface area (Å²) in [5.74, 6) is 7.65. The van der Waals surface area contributed by atoms with Crippen molar-refractivity contribution in [3.63, 3.8) is 0 Å². The fourth-order valence-electron chi connectivity index (χ4n) is 4.69. The molecule has 3 heterocycles. The van der Waals surface area contributed by atoms with E-state index in [1.807, 2.05) is 30.3 Å². The van der Waals surface area contributed by atoms with E-state index in [0.29, 0.717) is 24.4 Å². The van der Waals surface area contributed by atoms with Crippen LogP contribution in [0.25, 0.3) is 0 Å². The third-order valence-corrected chi connectivity index (χ3v) is 6.31. The minimum Gasteiger partial charge on any atom is -0.316 e. The Morgan fingerprint density at radius 2 is 1.87 bits per heavy atom. The molecule has 4 nitrogen and oxygen atoms in total. The van der Waals surface area contributed by atoms with Gasteiger partial charge < -0.3 is 9.88 Å². The maximum atomic E-state index is 13.2. The number of aromatic nitrogens is 1. The second-order valence-corrected chi connectivity index (χ2v) is 8.46. The lowest BCUT2D eigenvalue weighted by Crippen LogP contribution is -2.45. The molecule has 2 atom stereocenters. The van der Waals surface area contributed by atoms with Crippen molar-refractivity contribution >= 4 is 24.8 Å². The van der Waals surface area contributed by atoms with Crippen LogP contribution in [0.2, 0.25) is 0 Å². The summed E-state index contributed by atoms with van der Waals surface area (Å²) in [5.41, 5.74) is 3.41. The fraction of sp³-hybridized carbons (Fsp3) is 0.458. The lowest BCUT2D eigenvalue weighted by atomic mass is 9.84. The van der Waals surface area contributed by atoms with Gasteiger partial charge in [0.05, 0.1) is 6.54 Å². The van der Waals surface area contributed by atoms with Crippen LogP contribution in [-0.4, -0.2) is 35.1 Å². The lowest BCUT2D eigenvalue weighted by molar-refractivity contribution is 0.252. The van der Waals surface area contributed by atoms with Crippen molar-refractivity contribution in [2.45, 2.75) is 44.3 Å². The molecule has 1 saturated carbocycles. The summed E-state index contributed by atoms with van der Waals surface area (Å²) in [6.45, 7) is 4.33. The number of nitrogens with one attached hydrogen (secondary N) is 1. The number of halogens is 2. The van der Waals surface area contributed by atoms with Gasteiger partial charge in [-0.2, -0.15) is 0 Å². The van der Waals surface area contributed by atoms with Gasteiger partial charge in [0.1, 0.15) is 0 Å². The van der Waals surface area contributed by atoms with Gasteiger partial charge >= 0.3 is 0 Å². The molecule has 2 bridgehead atoms. The third kappa shape index (κ3) is 4.92. The Bertz CT molecular complexity index is 975. The van der Waals surface area contributed by atoms with E-state index in [4.69, 9.17) is 0 Å². The van der Waals surface area contributed by atoms with Crippen LogP contribution < -0.4 is 10.9 Å². The Morgan fingerprint density at radius 3 is 2.63 bits per heavy atom. The number of pyridine rings is 1. The molecule has 2 aromatic rings. The Kier molecular flexibility index (Phi) is 7.65. The number of nitrogens with zero attached hydrogens (tertiary/aromatic N) is 2. The lowest BCUT2D eigenvalue weighted by Gasteiger charge is -2.37. The fourth-order valence-corrected chi connectivity index (χ4v) is 4.69. The van der Waals surface area contributed by atoms with E-state index < -0.39 is 0 Å². The molecule has 1 aliphatic carbocycles. The van der Waals surface area contributed by atoms with E-state index in [1.54, 1.807) is 0 Å². The zero-order valence-electron chi connectivity index (χ0n) is 17.0. The molecule has 2 aliphatic heterocycles. The minimum absolute atomic E-state index is 0. The number of rotatable bonds is 4. The van der Waals surface area contributed by atoms with Gasteiger partial charge in [-0.1, -0.05) is 36.1 Å². The van der Waals surface area contributed by atoms with Gasteiger partial charge in [0, 0.05) is 48.4 Å². The molecule has 1 aromatic carbocycles. The second-order valence-electron chi connectivity index (χ2n) is 8.46. The van der Waals surface area contributed by atoms with Crippen LogP contribution in [0.1, 0.15) is 42.0 Å². The molecular weight excluding hydrogens is 417 g/mol. The highest BCUT2D eigenvalue weighted by Gasteiger charge is 2.32. The average molecular weight is 446 g/mol. The highest BCUT2D eigenvalue weighted by Crippen LogP contribution is 2.32. The van der Waals surface area contributed by atoms with Gasteiger partial charge in [0.15, 0.2) is 0 Å². The average Bonchev–Trinajstić information content (AvgIpc) is 3.56. The van der Waals surface area contributed by atoms with Crippen molar-refractivity contribution in [3.8, 4) is 11.8 Å². The summed E-state index contributed by atoms with van der Waals surface area (Å²) in [6, 6.07) is 15.0. The molecule has 0 radical (unpaired) electrons. The van der Waals surface area contributed by atoms with E-state index in [9.17, 15) is 4.79 Å². The van der Waals surface area contributed by atoms with Crippen LogP contribution in [0.15, 0.2) is 47.3 Å². The Hall–Kier alpha value is -1.77. The number of piperidine rings is 1. The molecule has 6 heteroatoms. The van der Waals surface area contributed by atoms with E-state index in [2.05, 4.69) is 38.8 Å².